The zero-order chi connectivity index (χ0) is 20.5. The maximum absolute atomic E-state index is 4.90. The highest BCUT2D eigenvalue weighted by Gasteiger charge is 2.23. The molecule has 8 heteroatoms. The minimum absolute atomic E-state index is 0.0610. The number of fused-ring (bicyclic) bond motifs is 1. The van der Waals surface area contributed by atoms with Crippen LogP contribution in [0.2, 0.25) is 0 Å². The summed E-state index contributed by atoms with van der Waals surface area (Å²) in [6, 6.07) is 14.1. The molecule has 1 atom stereocenters. The molecule has 0 saturated heterocycles. The predicted molar refractivity (Wildman–Crippen MR) is 122 cm³/mol. The number of hydrogen-bond donors (Lipinski definition) is 3. The fourth-order valence-corrected chi connectivity index (χ4v) is 3.87. The van der Waals surface area contributed by atoms with Gasteiger partial charge in [-0.2, -0.15) is 5.10 Å². The Morgan fingerprint density at radius 3 is 2.93 bits per heavy atom. The van der Waals surface area contributed by atoms with Gasteiger partial charge in [0.2, 0.25) is 0 Å². The van der Waals surface area contributed by atoms with E-state index in [4.69, 9.17) is 9.97 Å². The smallest absolute Gasteiger partial charge is 0.140 e. The number of H-pyrrole nitrogens is 1. The van der Waals surface area contributed by atoms with Crippen molar-refractivity contribution in [1.29, 1.82) is 0 Å². The summed E-state index contributed by atoms with van der Waals surface area (Å²) in [7, 11) is 0. The Hall–Kier alpha value is -3.39. The Morgan fingerprint density at radius 2 is 2.07 bits per heavy atom. The molecule has 7 nitrogen and oxygen atoms in total. The molecule has 150 valence electrons. The van der Waals surface area contributed by atoms with Crippen LogP contribution in [0.3, 0.4) is 0 Å². The van der Waals surface area contributed by atoms with Crippen molar-refractivity contribution in [1.82, 2.24) is 25.3 Å². The molecule has 2 aromatic heterocycles. The second-order valence-electron chi connectivity index (χ2n) is 7.11. The molecule has 0 fully saturated rings. The largest absolute Gasteiger partial charge is 0.378 e. The highest BCUT2D eigenvalue weighted by molar-refractivity contribution is 9.10. The normalized spacial score (nSPS) is 16.9. The number of aryl methyl sites for hydroxylation is 1. The average molecular weight is 462 g/mol. The van der Waals surface area contributed by atoms with Gasteiger partial charge in [-0.05, 0) is 43.3 Å². The Balaban J connectivity index is 1.50. The van der Waals surface area contributed by atoms with Crippen LogP contribution in [0.15, 0.2) is 70.4 Å². The van der Waals surface area contributed by atoms with E-state index in [0.29, 0.717) is 6.54 Å². The molecule has 0 saturated carbocycles. The molecule has 1 aromatic carbocycles. The summed E-state index contributed by atoms with van der Waals surface area (Å²) in [4.78, 5) is 13.1. The Morgan fingerprint density at radius 1 is 1.17 bits per heavy atom. The standard InChI is InChI=1S/C22H20BrN7/c1-14-4-2-7-18(27-14)22-21(15-8-9-20-25-13-26-30(20)12-15)28-19(29-22)11-24-17-6-3-5-16(23)10-17/h2-10,12-13,20,24H,11H2,1H3,(H,25,26)(H,28,29). The lowest BCUT2D eigenvalue weighted by Gasteiger charge is -2.21. The first-order valence-corrected chi connectivity index (χ1v) is 10.4. The van der Waals surface area contributed by atoms with Gasteiger partial charge in [0.05, 0.1) is 23.6 Å². The minimum atomic E-state index is 0.0610. The Kier molecular flexibility index (Phi) is 4.84. The van der Waals surface area contributed by atoms with Crippen molar-refractivity contribution >= 4 is 33.5 Å². The van der Waals surface area contributed by atoms with Crippen LogP contribution >= 0.6 is 15.9 Å². The number of imidazole rings is 1. The first-order valence-electron chi connectivity index (χ1n) is 9.65. The highest BCUT2D eigenvalue weighted by atomic mass is 79.9. The maximum atomic E-state index is 4.90. The van der Waals surface area contributed by atoms with E-state index in [2.05, 4.69) is 48.8 Å². The van der Waals surface area contributed by atoms with Gasteiger partial charge in [0, 0.05) is 27.6 Å². The van der Waals surface area contributed by atoms with Crippen LogP contribution in [-0.2, 0) is 6.54 Å². The van der Waals surface area contributed by atoms with E-state index in [1.54, 1.807) is 6.34 Å². The second kappa shape index (κ2) is 7.79. The number of aromatic amines is 1. The fraction of sp³-hybridized carbons (Fsp3) is 0.136. The number of hydrogen-bond acceptors (Lipinski definition) is 6. The van der Waals surface area contributed by atoms with E-state index < -0.39 is 0 Å². The van der Waals surface area contributed by atoms with Gasteiger partial charge in [0.1, 0.15) is 18.3 Å². The first kappa shape index (κ1) is 18.6. The first-order chi connectivity index (χ1) is 14.7. The predicted octanol–water partition coefficient (Wildman–Crippen LogP) is 4.24. The van der Waals surface area contributed by atoms with E-state index in [0.717, 1.165) is 44.3 Å². The van der Waals surface area contributed by atoms with Crippen LogP contribution in [0.4, 0.5) is 5.69 Å². The average Bonchev–Trinajstić information content (AvgIpc) is 3.39. The summed E-state index contributed by atoms with van der Waals surface area (Å²) in [5.41, 5.74) is 5.59. The van der Waals surface area contributed by atoms with Crippen LogP contribution in [-0.4, -0.2) is 32.5 Å². The van der Waals surface area contributed by atoms with E-state index in [-0.39, 0.29) is 6.17 Å². The second-order valence-corrected chi connectivity index (χ2v) is 8.03. The molecule has 1 unspecified atom stereocenters. The molecule has 3 aromatic rings. The molecule has 30 heavy (non-hydrogen) atoms. The lowest BCUT2D eigenvalue weighted by Crippen LogP contribution is -2.32. The monoisotopic (exact) mass is 461 g/mol. The van der Waals surface area contributed by atoms with Gasteiger partial charge < -0.3 is 15.6 Å². The van der Waals surface area contributed by atoms with Crippen molar-refractivity contribution in [3.63, 3.8) is 0 Å². The van der Waals surface area contributed by atoms with Crippen LogP contribution in [0, 0.1) is 6.92 Å². The quantitative estimate of drug-likeness (QED) is 0.529. The molecule has 5 rings (SSSR count). The van der Waals surface area contributed by atoms with Crippen molar-refractivity contribution in [3.05, 3.63) is 82.5 Å². The lowest BCUT2D eigenvalue weighted by molar-refractivity contribution is 0.351. The number of nitrogens with zero attached hydrogens (tertiary/aromatic N) is 4. The molecule has 0 aliphatic carbocycles. The number of nitrogens with one attached hydrogen (secondary N) is 3. The zero-order valence-electron chi connectivity index (χ0n) is 16.3. The van der Waals surface area contributed by atoms with E-state index in [9.17, 15) is 0 Å². The molecule has 2 aliphatic heterocycles. The number of benzene rings is 1. The summed E-state index contributed by atoms with van der Waals surface area (Å²) in [5, 5.41) is 12.8. The van der Waals surface area contributed by atoms with Gasteiger partial charge in [-0.25, -0.2) is 9.99 Å². The molecule has 0 amide bonds. The summed E-state index contributed by atoms with van der Waals surface area (Å²) in [6.45, 7) is 2.56. The van der Waals surface area contributed by atoms with Crippen molar-refractivity contribution in [2.45, 2.75) is 19.6 Å². The Labute approximate surface area is 182 Å². The molecule has 3 N–H and O–H groups in total. The summed E-state index contributed by atoms with van der Waals surface area (Å²) in [5.74, 6) is 0.836. The number of hydrazone groups is 1. The minimum Gasteiger partial charge on any atom is -0.378 e. The van der Waals surface area contributed by atoms with Crippen molar-refractivity contribution in [2.75, 3.05) is 5.32 Å². The highest BCUT2D eigenvalue weighted by Crippen LogP contribution is 2.30. The van der Waals surface area contributed by atoms with Crippen LogP contribution in [0.1, 0.15) is 17.2 Å². The van der Waals surface area contributed by atoms with E-state index >= 15 is 0 Å². The third-order valence-corrected chi connectivity index (χ3v) is 5.40. The topological polar surface area (TPSA) is 81.2 Å². The van der Waals surface area contributed by atoms with Crippen molar-refractivity contribution < 1.29 is 0 Å². The number of halogens is 1. The Bertz CT molecular complexity index is 1180. The maximum Gasteiger partial charge on any atom is 0.140 e. The lowest BCUT2D eigenvalue weighted by atomic mass is 10.1. The number of anilines is 1. The van der Waals surface area contributed by atoms with Gasteiger partial charge in [-0.1, -0.05) is 34.1 Å². The number of rotatable bonds is 5. The SMILES string of the molecule is Cc1cccc(-c2[nH]c(CNc3cccc(Br)c3)nc2C2=CN3N=CNC3C=C2)n1. The fourth-order valence-electron chi connectivity index (χ4n) is 3.47. The van der Waals surface area contributed by atoms with Gasteiger partial charge in [-0.15, -0.1) is 0 Å². The third kappa shape index (κ3) is 3.73. The number of aromatic nitrogens is 3. The van der Waals surface area contributed by atoms with Crippen LogP contribution in [0.5, 0.6) is 0 Å². The molecule has 4 heterocycles. The summed E-state index contributed by atoms with van der Waals surface area (Å²) >= 11 is 3.51. The third-order valence-electron chi connectivity index (χ3n) is 4.91. The molecule has 0 spiro atoms. The van der Waals surface area contributed by atoms with Gasteiger partial charge in [-0.3, -0.25) is 4.98 Å². The van der Waals surface area contributed by atoms with E-state index in [1.807, 2.05) is 60.6 Å². The summed E-state index contributed by atoms with van der Waals surface area (Å²) in [6.07, 6.45) is 7.91. The molecular weight excluding hydrogens is 442 g/mol. The molecule has 0 radical (unpaired) electrons. The summed E-state index contributed by atoms with van der Waals surface area (Å²) < 4.78 is 1.03. The number of allylic oxidation sites excluding steroid dienone is 2. The van der Waals surface area contributed by atoms with Gasteiger partial charge in [0.25, 0.3) is 0 Å². The van der Waals surface area contributed by atoms with Gasteiger partial charge in [0.15, 0.2) is 0 Å². The van der Waals surface area contributed by atoms with Crippen LogP contribution in [0.25, 0.3) is 17.0 Å². The molecule has 2 aliphatic rings. The van der Waals surface area contributed by atoms with Crippen molar-refractivity contribution in [3.8, 4) is 11.4 Å². The zero-order valence-corrected chi connectivity index (χ0v) is 17.9. The molecule has 0 bridgehead atoms. The van der Waals surface area contributed by atoms with Gasteiger partial charge >= 0.3 is 0 Å². The van der Waals surface area contributed by atoms with Crippen LogP contribution < -0.4 is 10.6 Å². The van der Waals surface area contributed by atoms with Crippen molar-refractivity contribution in [2.24, 2.45) is 5.10 Å². The van der Waals surface area contributed by atoms with E-state index in [1.165, 1.54) is 0 Å². The number of pyridine rings is 1. The molecular formula is C22H20BrN7.